The first-order chi connectivity index (χ1) is 6.91. The number of nitrogens with two attached hydrogens (primary N) is 1. The summed E-state index contributed by atoms with van der Waals surface area (Å²) in [6.45, 7) is 7.04. The van der Waals surface area contributed by atoms with Gasteiger partial charge in [-0.25, -0.2) is 0 Å². The molecule has 90 valence electrons. The minimum atomic E-state index is -0.251. The van der Waals surface area contributed by atoms with Crippen LogP contribution in [0.3, 0.4) is 0 Å². The molecule has 0 bridgehead atoms. The Morgan fingerprint density at radius 1 is 1.40 bits per heavy atom. The first-order valence-corrected chi connectivity index (χ1v) is 5.53. The van der Waals surface area contributed by atoms with Crippen molar-refractivity contribution in [3.05, 3.63) is 0 Å². The minimum absolute atomic E-state index is 0.0482. The molecule has 4 heteroatoms. The molecule has 0 atom stereocenters. The van der Waals surface area contributed by atoms with Crippen LogP contribution in [0.4, 0.5) is 0 Å². The lowest BCUT2D eigenvalue weighted by molar-refractivity contribution is -0.198. The van der Waals surface area contributed by atoms with Crippen LogP contribution < -0.4 is 5.73 Å². The van der Waals surface area contributed by atoms with Gasteiger partial charge in [-0.3, -0.25) is 0 Å². The fraction of sp³-hybridized carbons (Fsp3) is 1.00. The number of hydrogen-bond acceptors (Lipinski definition) is 4. The van der Waals surface area contributed by atoms with Gasteiger partial charge in [0.05, 0.1) is 30.5 Å². The smallest absolute Gasteiger partial charge is 0.0854 e. The summed E-state index contributed by atoms with van der Waals surface area (Å²) in [5.41, 5.74) is 5.31. The van der Waals surface area contributed by atoms with E-state index in [1.54, 1.807) is 0 Å². The molecule has 1 rings (SSSR count). The van der Waals surface area contributed by atoms with Gasteiger partial charge in [-0.05, 0) is 20.8 Å². The summed E-state index contributed by atoms with van der Waals surface area (Å²) >= 11 is 0. The SMILES string of the molecule is CC(C)(C)OC1CC(CN)(OCCO)C1. The van der Waals surface area contributed by atoms with Gasteiger partial charge in [0.2, 0.25) is 0 Å². The molecule has 0 spiro atoms. The van der Waals surface area contributed by atoms with Crippen LogP contribution in [0.15, 0.2) is 0 Å². The van der Waals surface area contributed by atoms with E-state index in [0.717, 1.165) is 12.8 Å². The maximum atomic E-state index is 8.70. The van der Waals surface area contributed by atoms with E-state index in [9.17, 15) is 0 Å². The zero-order valence-corrected chi connectivity index (χ0v) is 9.95. The van der Waals surface area contributed by atoms with Crippen LogP contribution in [0.25, 0.3) is 0 Å². The Morgan fingerprint density at radius 3 is 2.40 bits per heavy atom. The molecule has 3 N–H and O–H groups in total. The molecular weight excluding hydrogens is 194 g/mol. The molecule has 1 saturated carbocycles. The van der Waals surface area contributed by atoms with Gasteiger partial charge in [-0.2, -0.15) is 0 Å². The second-order valence-electron chi connectivity index (χ2n) is 5.22. The van der Waals surface area contributed by atoms with Crippen molar-refractivity contribution in [1.29, 1.82) is 0 Å². The predicted octanol–water partition coefficient (Wildman–Crippen LogP) is 0.670. The minimum Gasteiger partial charge on any atom is -0.394 e. The number of aliphatic hydroxyl groups excluding tert-OH is 1. The van der Waals surface area contributed by atoms with Gasteiger partial charge in [-0.1, -0.05) is 0 Å². The molecule has 15 heavy (non-hydrogen) atoms. The summed E-state index contributed by atoms with van der Waals surface area (Å²) < 4.78 is 11.4. The largest absolute Gasteiger partial charge is 0.394 e. The summed E-state index contributed by atoms with van der Waals surface area (Å²) in [7, 11) is 0. The van der Waals surface area contributed by atoms with Crippen molar-refractivity contribution in [1.82, 2.24) is 0 Å². The van der Waals surface area contributed by atoms with Crippen molar-refractivity contribution < 1.29 is 14.6 Å². The molecular formula is C11H23NO3. The van der Waals surface area contributed by atoms with Crippen LogP contribution in [0, 0.1) is 0 Å². The summed E-state index contributed by atoms with van der Waals surface area (Å²) in [6, 6.07) is 0. The van der Waals surface area contributed by atoms with Crippen LogP contribution in [-0.2, 0) is 9.47 Å². The molecule has 0 saturated heterocycles. The summed E-state index contributed by atoms with van der Waals surface area (Å²) in [6.07, 6.45) is 1.91. The third-order valence-corrected chi connectivity index (χ3v) is 2.59. The Hall–Kier alpha value is -0.160. The predicted molar refractivity (Wildman–Crippen MR) is 58.7 cm³/mol. The van der Waals surface area contributed by atoms with Crippen molar-refractivity contribution in [3.63, 3.8) is 0 Å². The van der Waals surface area contributed by atoms with Crippen LogP contribution in [0.1, 0.15) is 33.6 Å². The highest BCUT2D eigenvalue weighted by Gasteiger charge is 2.46. The van der Waals surface area contributed by atoms with E-state index in [2.05, 4.69) is 0 Å². The molecule has 1 aliphatic rings. The molecule has 0 radical (unpaired) electrons. The maximum absolute atomic E-state index is 8.70. The Morgan fingerprint density at radius 2 is 2.00 bits per heavy atom. The summed E-state index contributed by atoms with van der Waals surface area (Å²) in [5, 5.41) is 8.70. The molecule has 4 nitrogen and oxygen atoms in total. The average Bonchev–Trinajstić information content (AvgIpc) is 2.07. The van der Waals surface area contributed by atoms with E-state index >= 15 is 0 Å². The molecule has 1 aliphatic carbocycles. The van der Waals surface area contributed by atoms with Gasteiger partial charge < -0.3 is 20.3 Å². The molecule has 0 unspecified atom stereocenters. The maximum Gasteiger partial charge on any atom is 0.0854 e. The zero-order chi connectivity index (χ0) is 11.5. The highest BCUT2D eigenvalue weighted by Crippen LogP contribution is 2.38. The molecule has 1 fully saturated rings. The molecule has 0 aromatic carbocycles. The van der Waals surface area contributed by atoms with E-state index in [1.165, 1.54) is 0 Å². The molecule has 0 amide bonds. The van der Waals surface area contributed by atoms with Crippen molar-refractivity contribution in [2.45, 2.75) is 50.9 Å². The zero-order valence-electron chi connectivity index (χ0n) is 9.95. The molecule has 0 aromatic rings. The highest BCUT2D eigenvalue weighted by atomic mass is 16.5. The Balaban J connectivity index is 2.31. The lowest BCUT2D eigenvalue weighted by atomic mass is 9.77. The summed E-state index contributed by atoms with van der Waals surface area (Å²) in [5.74, 6) is 0. The van der Waals surface area contributed by atoms with Crippen LogP contribution in [-0.4, -0.2) is 42.2 Å². The highest BCUT2D eigenvalue weighted by molar-refractivity contribution is 4.98. The van der Waals surface area contributed by atoms with Crippen LogP contribution >= 0.6 is 0 Å². The molecule has 0 heterocycles. The van der Waals surface area contributed by atoms with Gasteiger partial charge >= 0.3 is 0 Å². The topological polar surface area (TPSA) is 64.7 Å². The van der Waals surface area contributed by atoms with E-state index in [-0.39, 0.29) is 23.9 Å². The van der Waals surface area contributed by atoms with E-state index < -0.39 is 0 Å². The van der Waals surface area contributed by atoms with Gasteiger partial charge in [0.25, 0.3) is 0 Å². The number of aliphatic hydroxyl groups is 1. The van der Waals surface area contributed by atoms with Crippen molar-refractivity contribution in [2.24, 2.45) is 5.73 Å². The normalized spacial score (nSPS) is 31.4. The molecule has 0 aromatic heterocycles. The third-order valence-electron chi connectivity index (χ3n) is 2.59. The standard InChI is InChI=1S/C11H23NO3/c1-10(2,3)15-9-6-11(7-9,8-12)14-5-4-13/h9,13H,4-8,12H2,1-3H3. The fourth-order valence-corrected chi connectivity index (χ4v) is 1.96. The number of rotatable bonds is 5. The van der Waals surface area contributed by atoms with Gasteiger partial charge in [0, 0.05) is 19.4 Å². The van der Waals surface area contributed by atoms with Crippen molar-refractivity contribution in [3.8, 4) is 0 Å². The first kappa shape index (κ1) is 12.9. The quantitative estimate of drug-likeness (QED) is 0.710. The second kappa shape index (κ2) is 4.78. The number of hydrogen-bond donors (Lipinski definition) is 2. The van der Waals surface area contributed by atoms with Gasteiger partial charge in [-0.15, -0.1) is 0 Å². The Labute approximate surface area is 91.7 Å². The monoisotopic (exact) mass is 217 g/mol. The van der Waals surface area contributed by atoms with Crippen LogP contribution in [0.5, 0.6) is 0 Å². The molecule has 0 aliphatic heterocycles. The fourth-order valence-electron chi connectivity index (χ4n) is 1.96. The van der Waals surface area contributed by atoms with Crippen LogP contribution in [0.2, 0.25) is 0 Å². The van der Waals surface area contributed by atoms with Gasteiger partial charge in [0.15, 0.2) is 0 Å². The Kier molecular flexibility index (Phi) is 4.12. The van der Waals surface area contributed by atoms with Crippen molar-refractivity contribution in [2.75, 3.05) is 19.8 Å². The van der Waals surface area contributed by atoms with E-state index in [1.807, 2.05) is 20.8 Å². The lowest BCUT2D eigenvalue weighted by Gasteiger charge is -2.48. The number of ether oxygens (including phenoxy) is 2. The lowest BCUT2D eigenvalue weighted by Crippen LogP contribution is -2.56. The average molecular weight is 217 g/mol. The Bertz CT molecular complexity index is 194. The second-order valence-corrected chi connectivity index (χ2v) is 5.22. The third kappa shape index (κ3) is 3.72. The van der Waals surface area contributed by atoms with E-state index in [0.29, 0.717) is 13.2 Å². The summed E-state index contributed by atoms with van der Waals surface area (Å²) in [4.78, 5) is 0. The van der Waals surface area contributed by atoms with Crippen molar-refractivity contribution >= 4 is 0 Å². The first-order valence-electron chi connectivity index (χ1n) is 5.53. The van der Waals surface area contributed by atoms with Gasteiger partial charge in [0.1, 0.15) is 0 Å². The van der Waals surface area contributed by atoms with E-state index in [4.69, 9.17) is 20.3 Å².